The number of likely N-dealkylation sites (N-methyl/N-ethyl adjacent to an activating group) is 1. The SMILES string of the molecule is C[C@@H](O)[C@H]1C(=O)N2C(C(=O)O)=C(S[C@H]3C[C@@H](C(=O)N(C)C)N(Cc4cccc(N)c4)C3)[C@H](C)[C@H]12. The molecule has 1 aromatic carbocycles. The van der Waals surface area contributed by atoms with Crippen LogP contribution in [0, 0.1) is 11.8 Å². The fourth-order valence-electron chi connectivity index (χ4n) is 5.46. The average Bonchev–Trinajstić information content (AvgIpc) is 3.24. The highest BCUT2D eigenvalue weighted by Gasteiger charge is 2.60. The van der Waals surface area contributed by atoms with Gasteiger partial charge in [0.15, 0.2) is 0 Å². The summed E-state index contributed by atoms with van der Waals surface area (Å²) in [7, 11) is 3.47. The molecule has 0 aromatic heterocycles. The minimum absolute atomic E-state index is 0.00655. The lowest BCUT2D eigenvalue weighted by Gasteiger charge is -2.46. The van der Waals surface area contributed by atoms with Crippen LogP contribution in [0.3, 0.4) is 0 Å². The molecule has 3 heterocycles. The number of anilines is 1. The molecule has 10 heteroatoms. The summed E-state index contributed by atoms with van der Waals surface area (Å²) in [6.45, 7) is 4.65. The molecule has 0 unspecified atom stereocenters. The van der Waals surface area contributed by atoms with Crippen molar-refractivity contribution in [1.29, 1.82) is 0 Å². The monoisotopic (exact) mass is 488 g/mol. The van der Waals surface area contributed by atoms with Crippen molar-refractivity contribution in [2.24, 2.45) is 11.8 Å². The Labute approximate surface area is 203 Å². The zero-order chi connectivity index (χ0) is 24.9. The normalized spacial score (nSPS) is 29.7. The van der Waals surface area contributed by atoms with Gasteiger partial charge in [-0.1, -0.05) is 19.1 Å². The third-order valence-corrected chi connectivity index (χ3v) is 8.53. The number of hydrogen-bond donors (Lipinski definition) is 3. The van der Waals surface area contributed by atoms with Gasteiger partial charge >= 0.3 is 5.97 Å². The van der Waals surface area contributed by atoms with E-state index in [4.69, 9.17) is 5.73 Å². The quantitative estimate of drug-likeness (QED) is 0.386. The van der Waals surface area contributed by atoms with Crippen LogP contribution in [0.2, 0.25) is 0 Å². The number of amides is 2. The van der Waals surface area contributed by atoms with Gasteiger partial charge in [0, 0.05) is 48.9 Å². The van der Waals surface area contributed by atoms with E-state index in [2.05, 4.69) is 4.90 Å². The minimum Gasteiger partial charge on any atom is -0.477 e. The number of β-lactam (4-membered cyclic amide) rings is 1. The highest BCUT2D eigenvalue weighted by atomic mass is 32.2. The van der Waals surface area contributed by atoms with E-state index in [0.717, 1.165) is 5.56 Å². The van der Waals surface area contributed by atoms with Crippen LogP contribution < -0.4 is 5.73 Å². The second-order valence-corrected chi connectivity index (χ2v) is 11.0. The largest absolute Gasteiger partial charge is 0.477 e. The lowest BCUT2D eigenvalue weighted by atomic mass is 9.79. The predicted molar refractivity (Wildman–Crippen MR) is 129 cm³/mol. The number of nitrogen functional groups attached to an aromatic ring is 1. The summed E-state index contributed by atoms with van der Waals surface area (Å²) in [5.74, 6) is -2.25. The third kappa shape index (κ3) is 4.18. The Balaban J connectivity index is 1.58. The van der Waals surface area contributed by atoms with Crippen LogP contribution >= 0.6 is 11.8 Å². The summed E-state index contributed by atoms with van der Waals surface area (Å²) in [6.07, 6.45) is -0.260. The van der Waals surface area contributed by atoms with Gasteiger partial charge in [0.2, 0.25) is 11.8 Å². The molecule has 1 aromatic rings. The molecule has 4 N–H and O–H groups in total. The topological polar surface area (TPSA) is 127 Å². The zero-order valence-electron chi connectivity index (χ0n) is 19.8. The van der Waals surface area contributed by atoms with E-state index in [1.54, 1.807) is 25.9 Å². The minimum atomic E-state index is -1.13. The second kappa shape index (κ2) is 9.24. The number of likely N-dealkylation sites (tertiary alicyclic amines) is 1. The average molecular weight is 489 g/mol. The second-order valence-electron chi connectivity index (χ2n) is 9.67. The highest BCUT2D eigenvalue weighted by molar-refractivity contribution is 8.03. The smallest absolute Gasteiger partial charge is 0.353 e. The molecule has 9 nitrogen and oxygen atoms in total. The molecule has 0 aliphatic carbocycles. The van der Waals surface area contributed by atoms with Gasteiger partial charge in [0.25, 0.3) is 0 Å². The number of hydrogen-bond acceptors (Lipinski definition) is 7. The van der Waals surface area contributed by atoms with Crippen LogP contribution in [0.5, 0.6) is 0 Å². The van der Waals surface area contributed by atoms with Crippen LogP contribution in [-0.4, -0.2) is 86.8 Å². The van der Waals surface area contributed by atoms with E-state index in [0.29, 0.717) is 30.1 Å². The maximum atomic E-state index is 13.0. The number of nitrogens with two attached hydrogens (primary N) is 1. The first-order valence-corrected chi connectivity index (χ1v) is 12.3. The van der Waals surface area contributed by atoms with Gasteiger partial charge in [0.1, 0.15) is 5.70 Å². The van der Waals surface area contributed by atoms with E-state index in [1.165, 1.54) is 16.7 Å². The molecule has 2 fully saturated rings. The number of carbonyl (C=O) groups excluding carboxylic acids is 2. The van der Waals surface area contributed by atoms with Crippen LogP contribution in [-0.2, 0) is 20.9 Å². The molecule has 3 aliphatic heterocycles. The lowest BCUT2D eigenvalue weighted by Crippen LogP contribution is -2.63. The van der Waals surface area contributed by atoms with Gasteiger partial charge in [-0.2, -0.15) is 0 Å². The van der Waals surface area contributed by atoms with Crippen LogP contribution in [0.25, 0.3) is 0 Å². The molecule has 0 bridgehead atoms. The molecule has 0 spiro atoms. The van der Waals surface area contributed by atoms with E-state index in [-0.39, 0.29) is 40.8 Å². The van der Waals surface area contributed by atoms with Gasteiger partial charge in [-0.05, 0) is 31.0 Å². The Morgan fingerprint density at radius 3 is 2.62 bits per heavy atom. The fourth-order valence-corrected chi connectivity index (χ4v) is 7.02. The first kappa shape index (κ1) is 24.6. The standard InChI is InChI=1S/C24H32N4O5S/c1-12-19-18(13(2)29)23(31)28(19)20(24(32)33)21(12)34-16-9-17(22(30)26(3)4)27(11-16)10-14-6-5-7-15(25)8-14/h5-8,12-13,16-19,29H,9-11,25H2,1-4H3,(H,32,33)/t12-,13-,16+,17+,18-,19-/m1/s1. The molecule has 6 atom stereocenters. The van der Waals surface area contributed by atoms with Crippen molar-refractivity contribution < 1.29 is 24.6 Å². The third-order valence-electron chi connectivity index (χ3n) is 7.03. The number of nitrogens with zero attached hydrogens (tertiary/aromatic N) is 3. The molecule has 184 valence electrons. The number of thioether (sulfide) groups is 1. The van der Waals surface area contributed by atoms with Gasteiger partial charge in [0.05, 0.1) is 24.1 Å². The highest BCUT2D eigenvalue weighted by Crippen LogP contribution is 2.52. The number of carboxylic acid groups (broad SMARTS) is 1. The summed E-state index contributed by atoms with van der Waals surface area (Å²) in [5, 5.41) is 20.0. The lowest BCUT2D eigenvalue weighted by molar-refractivity contribution is -0.163. The van der Waals surface area contributed by atoms with Gasteiger partial charge < -0.3 is 25.7 Å². The Morgan fingerprint density at radius 2 is 2.03 bits per heavy atom. The Bertz CT molecular complexity index is 1040. The molecular formula is C24H32N4O5S. The number of aliphatic hydroxyl groups excluding tert-OH is 1. The summed E-state index contributed by atoms with van der Waals surface area (Å²) in [4.78, 5) is 43.4. The first-order valence-electron chi connectivity index (χ1n) is 11.5. The van der Waals surface area contributed by atoms with E-state index in [9.17, 15) is 24.6 Å². The number of aliphatic carboxylic acids is 1. The molecule has 2 saturated heterocycles. The van der Waals surface area contributed by atoms with Crippen molar-refractivity contribution in [2.45, 2.75) is 50.3 Å². The van der Waals surface area contributed by atoms with Crippen LogP contribution in [0.4, 0.5) is 5.69 Å². The van der Waals surface area contributed by atoms with Gasteiger partial charge in [-0.3, -0.25) is 14.5 Å². The number of fused-ring (bicyclic) bond motifs is 1. The van der Waals surface area contributed by atoms with Crippen molar-refractivity contribution in [2.75, 3.05) is 26.4 Å². The summed E-state index contributed by atoms with van der Waals surface area (Å²) in [5.41, 5.74) is 7.63. The van der Waals surface area contributed by atoms with Crippen molar-refractivity contribution in [3.05, 3.63) is 40.4 Å². The Kier molecular flexibility index (Phi) is 6.67. The van der Waals surface area contributed by atoms with Crippen molar-refractivity contribution in [1.82, 2.24) is 14.7 Å². The molecular weight excluding hydrogens is 456 g/mol. The molecule has 4 rings (SSSR count). The first-order chi connectivity index (χ1) is 16.0. The maximum Gasteiger partial charge on any atom is 0.353 e. The molecule has 3 aliphatic rings. The molecule has 2 amide bonds. The van der Waals surface area contributed by atoms with Gasteiger partial charge in [-0.15, -0.1) is 11.8 Å². The zero-order valence-corrected chi connectivity index (χ0v) is 20.7. The summed E-state index contributed by atoms with van der Waals surface area (Å²) in [6, 6.07) is 6.91. The summed E-state index contributed by atoms with van der Waals surface area (Å²) >= 11 is 1.46. The van der Waals surface area contributed by atoms with Crippen molar-refractivity contribution in [3.8, 4) is 0 Å². The number of rotatable bonds is 7. The Morgan fingerprint density at radius 1 is 1.32 bits per heavy atom. The molecule has 34 heavy (non-hydrogen) atoms. The molecule has 0 radical (unpaired) electrons. The Hall–Kier alpha value is -2.56. The number of carboxylic acids is 1. The number of aliphatic hydroxyl groups is 1. The van der Waals surface area contributed by atoms with Crippen LogP contribution in [0.15, 0.2) is 34.9 Å². The van der Waals surface area contributed by atoms with Gasteiger partial charge in [-0.25, -0.2) is 4.79 Å². The van der Waals surface area contributed by atoms with E-state index >= 15 is 0 Å². The number of benzene rings is 1. The molecule has 0 saturated carbocycles. The van der Waals surface area contributed by atoms with Crippen molar-refractivity contribution in [3.63, 3.8) is 0 Å². The van der Waals surface area contributed by atoms with E-state index < -0.39 is 18.0 Å². The maximum absolute atomic E-state index is 13.0. The number of carbonyl (C=O) groups is 3. The van der Waals surface area contributed by atoms with E-state index in [1.807, 2.05) is 31.2 Å². The van der Waals surface area contributed by atoms with Crippen LogP contribution in [0.1, 0.15) is 25.8 Å². The summed E-state index contributed by atoms with van der Waals surface area (Å²) < 4.78 is 0. The van der Waals surface area contributed by atoms with Crippen molar-refractivity contribution >= 4 is 35.2 Å². The fraction of sp³-hybridized carbons (Fsp3) is 0.542. The predicted octanol–water partition coefficient (Wildman–Crippen LogP) is 1.19.